The van der Waals surface area contributed by atoms with Crippen molar-refractivity contribution in [2.45, 2.75) is 0 Å². The zero-order chi connectivity index (χ0) is 12.4. The van der Waals surface area contributed by atoms with Gasteiger partial charge >= 0.3 is 5.97 Å². The highest BCUT2D eigenvalue weighted by atomic mass is 19.1. The normalized spacial score (nSPS) is 10.2. The van der Waals surface area contributed by atoms with Crippen LogP contribution in [0.2, 0.25) is 0 Å². The second kappa shape index (κ2) is 4.29. The second-order valence-corrected chi connectivity index (χ2v) is 3.32. The van der Waals surface area contributed by atoms with E-state index < -0.39 is 11.8 Å². The highest BCUT2D eigenvalue weighted by Crippen LogP contribution is 2.32. The van der Waals surface area contributed by atoms with Crippen molar-refractivity contribution in [3.8, 4) is 17.1 Å². The van der Waals surface area contributed by atoms with Crippen molar-refractivity contribution in [1.82, 2.24) is 0 Å². The zero-order valence-corrected chi connectivity index (χ0v) is 8.94. The number of rotatable bonds is 2. The molecule has 0 amide bonds. The summed E-state index contributed by atoms with van der Waals surface area (Å²) in [6.45, 7) is 0. The molecule has 0 fully saturated rings. The number of carbonyl (C=O) groups is 1. The van der Waals surface area contributed by atoms with Gasteiger partial charge in [-0.05, 0) is 18.2 Å². The Labute approximate surface area is 96.2 Å². The number of furan rings is 1. The number of methoxy groups -OCH3 is 1. The fourth-order valence-electron chi connectivity index (χ4n) is 1.46. The van der Waals surface area contributed by atoms with Crippen LogP contribution in [-0.2, 0) is 4.74 Å². The van der Waals surface area contributed by atoms with E-state index in [2.05, 4.69) is 4.74 Å². The molecule has 5 heteroatoms. The first-order chi connectivity index (χ1) is 8.13. The number of esters is 1. The number of halogens is 1. The molecule has 0 bridgehead atoms. The Morgan fingerprint density at radius 1 is 1.47 bits per heavy atom. The Bertz CT molecular complexity index is 546. The van der Waals surface area contributed by atoms with E-state index in [1.807, 2.05) is 0 Å². The fourth-order valence-corrected chi connectivity index (χ4v) is 1.46. The SMILES string of the molecule is COC(=O)c1cc(-c2ccco2)c(O)cc1F. The minimum atomic E-state index is -0.843. The molecule has 0 radical (unpaired) electrons. The predicted molar refractivity (Wildman–Crippen MR) is 57.1 cm³/mol. The van der Waals surface area contributed by atoms with Gasteiger partial charge in [0.1, 0.15) is 17.3 Å². The highest BCUT2D eigenvalue weighted by Gasteiger charge is 2.18. The van der Waals surface area contributed by atoms with Crippen LogP contribution in [0.15, 0.2) is 34.9 Å². The lowest BCUT2D eigenvalue weighted by atomic mass is 10.1. The number of aromatic hydroxyl groups is 1. The monoisotopic (exact) mass is 236 g/mol. The summed E-state index contributed by atoms with van der Waals surface area (Å²) in [7, 11) is 1.15. The van der Waals surface area contributed by atoms with Crippen LogP contribution >= 0.6 is 0 Å². The standard InChI is InChI=1S/C12H9FO4/c1-16-12(15)7-5-8(10(14)6-9(7)13)11-3-2-4-17-11/h2-6,14H,1H3. The molecule has 0 saturated carbocycles. The smallest absolute Gasteiger partial charge is 0.340 e. The molecule has 0 aliphatic carbocycles. The molecule has 1 N–H and O–H groups in total. The van der Waals surface area contributed by atoms with Crippen LogP contribution in [0.25, 0.3) is 11.3 Å². The van der Waals surface area contributed by atoms with Gasteiger partial charge in [-0.3, -0.25) is 0 Å². The van der Waals surface area contributed by atoms with Crippen molar-refractivity contribution in [1.29, 1.82) is 0 Å². The predicted octanol–water partition coefficient (Wildman–Crippen LogP) is 2.58. The Morgan fingerprint density at radius 2 is 2.24 bits per heavy atom. The molecular formula is C12H9FO4. The summed E-state index contributed by atoms with van der Waals surface area (Å²) in [6, 6.07) is 5.25. The maximum atomic E-state index is 13.4. The topological polar surface area (TPSA) is 59.7 Å². The van der Waals surface area contributed by atoms with Crippen LogP contribution in [0.4, 0.5) is 4.39 Å². The number of phenolic OH excluding ortho intramolecular Hbond substituents is 1. The van der Waals surface area contributed by atoms with Gasteiger partial charge in [0.15, 0.2) is 0 Å². The molecular weight excluding hydrogens is 227 g/mol. The molecule has 0 spiro atoms. The highest BCUT2D eigenvalue weighted by molar-refractivity contribution is 5.91. The van der Waals surface area contributed by atoms with Crippen LogP contribution in [-0.4, -0.2) is 18.2 Å². The van der Waals surface area contributed by atoms with E-state index in [1.165, 1.54) is 12.3 Å². The Kier molecular flexibility index (Phi) is 2.82. The lowest BCUT2D eigenvalue weighted by Gasteiger charge is -2.06. The Balaban J connectivity index is 2.58. The largest absolute Gasteiger partial charge is 0.507 e. The number of benzene rings is 1. The lowest BCUT2D eigenvalue weighted by Crippen LogP contribution is -2.04. The molecule has 1 heterocycles. The number of hydrogen-bond acceptors (Lipinski definition) is 4. The summed E-state index contributed by atoms with van der Waals surface area (Å²) in [6.07, 6.45) is 1.41. The van der Waals surface area contributed by atoms with E-state index in [1.54, 1.807) is 12.1 Å². The van der Waals surface area contributed by atoms with Crippen molar-refractivity contribution >= 4 is 5.97 Å². The van der Waals surface area contributed by atoms with E-state index in [4.69, 9.17) is 4.42 Å². The third-order valence-corrected chi connectivity index (χ3v) is 2.28. The van der Waals surface area contributed by atoms with E-state index >= 15 is 0 Å². The number of ether oxygens (including phenoxy) is 1. The van der Waals surface area contributed by atoms with Gasteiger partial charge in [-0.15, -0.1) is 0 Å². The second-order valence-electron chi connectivity index (χ2n) is 3.32. The first-order valence-electron chi connectivity index (χ1n) is 4.78. The fraction of sp³-hybridized carbons (Fsp3) is 0.0833. The van der Waals surface area contributed by atoms with Crippen LogP contribution in [0.5, 0.6) is 5.75 Å². The quantitative estimate of drug-likeness (QED) is 0.814. The molecule has 1 aromatic carbocycles. The van der Waals surface area contributed by atoms with Crippen LogP contribution in [0, 0.1) is 5.82 Å². The van der Waals surface area contributed by atoms with Gasteiger partial charge in [0.2, 0.25) is 0 Å². The average Bonchev–Trinajstić information content (AvgIpc) is 2.81. The van der Waals surface area contributed by atoms with Crippen molar-refractivity contribution in [2.24, 2.45) is 0 Å². The third kappa shape index (κ3) is 1.99. The maximum Gasteiger partial charge on any atom is 0.340 e. The van der Waals surface area contributed by atoms with Gasteiger partial charge in [0.05, 0.1) is 24.5 Å². The van der Waals surface area contributed by atoms with Crippen molar-refractivity contribution in [3.63, 3.8) is 0 Å². The van der Waals surface area contributed by atoms with Crippen LogP contribution in [0.1, 0.15) is 10.4 Å². The summed E-state index contributed by atoms with van der Waals surface area (Å²) in [5.74, 6) is -1.61. The summed E-state index contributed by atoms with van der Waals surface area (Å²) >= 11 is 0. The number of hydrogen-bond donors (Lipinski definition) is 1. The van der Waals surface area contributed by atoms with E-state index in [0.29, 0.717) is 5.76 Å². The van der Waals surface area contributed by atoms with Crippen molar-refractivity contribution < 1.29 is 23.4 Å². The first-order valence-corrected chi connectivity index (χ1v) is 4.78. The molecule has 88 valence electrons. The first kappa shape index (κ1) is 11.2. The zero-order valence-electron chi connectivity index (χ0n) is 8.94. The van der Waals surface area contributed by atoms with E-state index in [-0.39, 0.29) is 16.9 Å². The minimum Gasteiger partial charge on any atom is -0.507 e. The minimum absolute atomic E-state index is 0.233. The molecule has 2 rings (SSSR count). The summed E-state index contributed by atoms with van der Waals surface area (Å²) in [4.78, 5) is 11.3. The molecule has 0 aliphatic rings. The summed E-state index contributed by atoms with van der Waals surface area (Å²) in [5, 5.41) is 9.59. The molecule has 0 atom stereocenters. The maximum absolute atomic E-state index is 13.4. The molecule has 2 aromatic rings. The van der Waals surface area contributed by atoms with E-state index in [9.17, 15) is 14.3 Å². The van der Waals surface area contributed by atoms with Crippen LogP contribution < -0.4 is 0 Å². The van der Waals surface area contributed by atoms with Gasteiger partial charge in [-0.1, -0.05) is 0 Å². The summed E-state index contributed by atoms with van der Waals surface area (Å²) in [5.41, 5.74) is -0.0199. The molecule has 4 nitrogen and oxygen atoms in total. The van der Waals surface area contributed by atoms with Gasteiger partial charge < -0.3 is 14.3 Å². The Hall–Kier alpha value is -2.30. The van der Waals surface area contributed by atoms with Crippen molar-refractivity contribution in [2.75, 3.05) is 7.11 Å². The molecule has 0 aliphatic heterocycles. The third-order valence-electron chi connectivity index (χ3n) is 2.28. The van der Waals surface area contributed by atoms with Gasteiger partial charge in [0.25, 0.3) is 0 Å². The van der Waals surface area contributed by atoms with Gasteiger partial charge in [-0.2, -0.15) is 0 Å². The molecule has 0 unspecified atom stereocenters. The van der Waals surface area contributed by atoms with Gasteiger partial charge in [-0.25, -0.2) is 9.18 Å². The van der Waals surface area contributed by atoms with Crippen molar-refractivity contribution in [3.05, 3.63) is 41.9 Å². The summed E-state index contributed by atoms with van der Waals surface area (Å²) < 4.78 is 22.9. The lowest BCUT2D eigenvalue weighted by molar-refractivity contribution is 0.0595. The van der Waals surface area contributed by atoms with E-state index in [0.717, 1.165) is 13.2 Å². The Morgan fingerprint density at radius 3 is 2.82 bits per heavy atom. The molecule has 0 saturated heterocycles. The van der Waals surface area contributed by atoms with Gasteiger partial charge in [0, 0.05) is 6.07 Å². The number of phenols is 1. The average molecular weight is 236 g/mol. The van der Waals surface area contributed by atoms with Crippen LogP contribution in [0.3, 0.4) is 0 Å². The molecule has 1 aromatic heterocycles. The number of carbonyl (C=O) groups excluding carboxylic acids is 1. The molecule has 17 heavy (non-hydrogen) atoms.